The van der Waals surface area contributed by atoms with Gasteiger partial charge in [0.2, 0.25) is 5.91 Å². The Labute approximate surface area is 165 Å². The number of amides is 1. The minimum absolute atomic E-state index is 0.158. The van der Waals surface area contributed by atoms with E-state index in [1.54, 1.807) is 23.9 Å². The lowest BCUT2D eigenvalue weighted by atomic mass is 10.0. The molecular formula is C22H27FN2OS. The minimum atomic E-state index is -0.200. The van der Waals surface area contributed by atoms with Crippen molar-refractivity contribution in [1.82, 2.24) is 4.90 Å². The highest BCUT2D eigenvalue weighted by Gasteiger charge is 2.23. The molecule has 3 nitrogen and oxygen atoms in total. The number of carbonyl (C=O) groups is 1. The summed E-state index contributed by atoms with van der Waals surface area (Å²) in [6.45, 7) is 11.1. The molecule has 1 aliphatic heterocycles. The van der Waals surface area contributed by atoms with Crippen LogP contribution < -0.4 is 4.90 Å². The van der Waals surface area contributed by atoms with Crippen LogP contribution in [0.25, 0.3) is 0 Å². The highest BCUT2D eigenvalue weighted by atomic mass is 32.2. The molecular weight excluding hydrogens is 359 g/mol. The van der Waals surface area contributed by atoms with Gasteiger partial charge in [-0.3, -0.25) is 4.79 Å². The summed E-state index contributed by atoms with van der Waals surface area (Å²) in [5.41, 5.74) is 5.69. The fourth-order valence-electron chi connectivity index (χ4n) is 3.53. The smallest absolute Gasteiger partial charge is 0.233 e. The van der Waals surface area contributed by atoms with Crippen LogP contribution in [-0.4, -0.2) is 42.7 Å². The molecule has 0 spiro atoms. The molecule has 2 aromatic rings. The van der Waals surface area contributed by atoms with Crippen LogP contribution in [0, 0.1) is 33.5 Å². The maximum atomic E-state index is 14.0. The molecule has 0 aliphatic carbocycles. The van der Waals surface area contributed by atoms with Gasteiger partial charge in [-0.05, 0) is 62.1 Å². The fourth-order valence-corrected chi connectivity index (χ4v) is 4.73. The van der Waals surface area contributed by atoms with E-state index >= 15 is 0 Å². The molecule has 1 saturated heterocycles. The van der Waals surface area contributed by atoms with Crippen LogP contribution >= 0.6 is 11.8 Å². The standard InChI is InChI=1S/C22H27FN2OS/c1-15-13-16(2)18(4)22(17(15)3)27-14-21(26)25-11-9-24(10-12-25)20-8-6-5-7-19(20)23/h5-8,13H,9-12,14H2,1-4H3. The molecule has 1 amide bonds. The van der Waals surface area contributed by atoms with E-state index in [0.29, 0.717) is 37.6 Å². The van der Waals surface area contributed by atoms with Gasteiger partial charge < -0.3 is 9.80 Å². The van der Waals surface area contributed by atoms with E-state index in [4.69, 9.17) is 0 Å². The quantitative estimate of drug-likeness (QED) is 0.723. The van der Waals surface area contributed by atoms with E-state index in [0.717, 1.165) is 0 Å². The first-order valence-electron chi connectivity index (χ1n) is 9.36. The fraction of sp³-hybridized carbons (Fsp3) is 0.409. The number of hydrogen-bond donors (Lipinski definition) is 0. The Bertz CT molecular complexity index is 818. The number of aryl methyl sites for hydroxylation is 2. The van der Waals surface area contributed by atoms with E-state index in [1.165, 1.54) is 33.2 Å². The number of anilines is 1. The number of thioether (sulfide) groups is 1. The largest absolute Gasteiger partial charge is 0.366 e. The Kier molecular flexibility index (Phi) is 6.10. The van der Waals surface area contributed by atoms with E-state index in [-0.39, 0.29) is 11.7 Å². The number of rotatable bonds is 4. The van der Waals surface area contributed by atoms with Crippen molar-refractivity contribution in [3.8, 4) is 0 Å². The molecule has 3 rings (SSSR count). The molecule has 0 bridgehead atoms. The Balaban J connectivity index is 1.59. The predicted octanol–water partition coefficient (Wildman–Crippen LogP) is 4.50. The van der Waals surface area contributed by atoms with E-state index in [2.05, 4.69) is 33.8 Å². The van der Waals surface area contributed by atoms with Crippen molar-refractivity contribution in [2.24, 2.45) is 0 Å². The first kappa shape index (κ1) is 19.7. The summed E-state index contributed by atoms with van der Waals surface area (Å²) in [6, 6.07) is 9.04. The normalized spacial score (nSPS) is 14.6. The lowest BCUT2D eigenvalue weighted by Crippen LogP contribution is -2.49. The van der Waals surface area contributed by atoms with E-state index < -0.39 is 0 Å². The average Bonchev–Trinajstić information content (AvgIpc) is 2.67. The van der Waals surface area contributed by atoms with Crippen LogP contribution in [0.5, 0.6) is 0 Å². The third-order valence-electron chi connectivity index (χ3n) is 5.46. The number of carbonyl (C=O) groups excluding carboxylic acids is 1. The molecule has 0 aromatic heterocycles. The van der Waals surface area contributed by atoms with Gasteiger partial charge in [0, 0.05) is 31.1 Å². The molecule has 0 radical (unpaired) electrons. The van der Waals surface area contributed by atoms with Crippen LogP contribution in [0.4, 0.5) is 10.1 Å². The van der Waals surface area contributed by atoms with Gasteiger partial charge in [0.15, 0.2) is 0 Å². The maximum Gasteiger partial charge on any atom is 0.233 e. The van der Waals surface area contributed by atoms with Crippen molar-refractivity contribution in [2.45, 2.75) is 32.6 Å². The third kappa shape index (κ3) is 4.29. The van der Waals surface area contributed by atoms with Crippen molar-refractivity contribution in [3.05, 3.63) is 58.4 Å². The maximum absolute atomic E-state index is 14.0. The van der Waals surface area contributed by atoms with E-state index in [1.807, 2.05) is 15.9 Å². The van der Waals surface area contributed by atoms with Gasteiger partial charge in [-0.25, -0.2) is 4.39 Å². The molecule has 2 aromatic carbocycles. The Morgan fingerprint density at radius 3 is 2.19 bits per heavy atom. The van der Waals surface area contributed by atoms with Gasteiger partial charge in [-0.2, -0.15) is 0 Å². The predicted molar refractivity (Wildman–Crippen MR) is 111 cm³/mol. The van der Waals surface area contributed by atoms with Crippen molar-refractivity contribution < 1.29 is 9.18 Å². The summed E-state index contributed by atoms with van der Waals surface area (Å²) in [4.78, 5) is 17.8. The zero-order chi connectivity index (χ0) is 19.6. The van der Waals surface area contributed by atoms with Gasteiger partial charge in [-0.15, -0.1) is 11.8 Å². The number of halogens is 1. The molecule has 0 atom stereocenters. The van der Waals surface area contributed by atoms with Crippen molar-refractivity contribution >= 4 is 23.4 Å². The van der Waals surface area contributed by atoms with Crippen molar-refractivity contribution in [3.63, 3.8) is 0 Å². The second-order valence-electron chi connectivity index (χ2n) is 7.20. The average molecular weight is 387 g/mol. The van der Waals surface area contributed by atoms with Crippen molar-refractivity contribution in [2.75, 3.05) is 36.8 Å². The van der Waals surface area contributed by atoms with E-state index in [9.17, 15) is 9.18 Å². The Morgan fingerprint density at radius 2 is 1.59 bits per heavy atom. The lowest BCUT2D eigenvalue weighted by molar-refractivity contribution is -0.128. The summed E-state index contributed by atoms with van der Waals surface area (Å²) in [5.74, 6) is 0.407. The van der Waals surface area contributed by atoms with Gasteiger partial charge in [0.25, 0.3) is 0 Å². The highest BCUT2D eigenvalue weighted by molar-refractivity contribution is 8.00. The summed E-state index contributed by atoms with van der Waals surface area (Å²) in [5, 5.41) is 0. The number of hydrogen-bond acceptors (Lipinski definition) is 3. The first-order valence-corrected chi connectivity index (χ1v) is 10.3. The molecule has 144 valence electrons. The van der Waals surface area contributed by atoms with Crippen LogP contribution in [0.3, 0.4) is 0 Å². The summed E-state index contributed by atoms with van der Waals surface area (Å²) < 4.78 is 14.0. The molecule has 1 heterocycles. The molecule has 0 saturated carbocycles. The number of benzene rings is 2. The van der Waals surface area contributed by atoms with Gasteiger partial charge in [0.1, 0.15) is 5.82 Å². The molecule has 1 aliphatic rings. The van der Waals surface area contributed by atoms with Crippen LogP contribution in [-0.2, 0) is 4.79 Å². The topological polar surface area (TPSA) is 23.6 Å². The number of piperazine rings is 1. The number of nitrogens with zero attached hydrogens (tertiary/aromatic N) is 2. The van der Waals surface area contributed by atoms with Gasteiger partial charge in [-0.1, -0.05) is 18.2 Å². The molecule has 1 fully saturated rings. The third-order valence-corrected chi connectivity index (χ3v) is 6.76. The van der Waals surface area contributed by atoms with Crippen molar-refractivity contribution in [1.29, 1.82) is 0 Å². The molecule has 27 heavy (non-hydrogen) atoms. The van der Waals surface area contributed by atoms with Gasteiger partial charge in [0.05, 0.1) is 11.4 Å². The second-order valence-corrected chi connectivity index (χ2v) is 8.18. The minimum Gasteiger partial charge on any atom is -0.366 e. The van der Waals surface area contributed by atoms with Crippen LogP contribution in [0.15, 0.2) is 35.2 Å². The highest BCUT2D eigenvalue weighted by Crippen LogP contribution is 2.31. The second kappa shape index (κ2) is 8.34. The van der Waals surface area contributed by atoms with Crippen LogP contribution in [0.2, 0.25) is 0 Å². The Morgan fingerprint density at radius 1 is 1.00 bits per heavy atom. The molecule has 0 N–H and O–H groups in total. The number of para-hydroxylation sites is 1. The Hall–Kier alpha value is -2.01. The summed E-state index contributed by atoms with van der Waals surface area (Å²) >= 11 is 1.64. The molecule has 5 heteroatoms. The summed E-state index contributed by atoms with van der Waals surface area (Å²) in [6.07, 6.45) is 0. The monoisotopic (exact) mass is 386 g/mol. The molecule has 0 unspecified atom stereocenters. The lowest BCUT2D eigenvalue weighted by Gasteiger charge is -2.36. The first-order chi connectivity index (χ1) is 12.9. The van der Waals surface area contributed by atoms with Crippen LogP contribution in [0.1, 0.15) is 22.3 Å². The SMILES string of the molecule is Cc1cc(C)c(C)c(SCC(=O)N2CCN(c3ccccc3F)CC2)c1C. The van der Waals surface area contributed by atoms with Gasteiger partial charge >= 0.3 is 0 Å². The summed E-state index contributed by atoms with van der Waals surface area (Å²) in [7, 11) is 0. The zero-order valence-corrected chi connectivity index (χ0v) is 17.3. The zero-order valence-electron chi connectivity index (χ0n) is 16.5.